The van der Waals surface area contributed by atoms with Crippen molar-refractivity contribution in [1.29, 1.82) is 0 Å². The lowest BCUT2D eigenvalue weighted by Gasteiger charge is -2.11. The Balaban J connectivity index is 3.51. The summed E-state index contributed by atoms with van der Waals surface area (Å²) in [6.45, 7) is 6.62. The zero-order valence-electron chi connectivity index (χ0n) is 11.4. The molecule has 1 atom stereocenters. The molecule has 0 amide bonds. The summed E-state index contributed by atoms with van der Waals surface area (Å²) in [6, 6.07) is 0. The number of Topliss-reactive ketones (excluding diaryl/α,β-unsaturated/α-hetero) is 1. The summed E-state index contributed by atoms with van der Waals surface area (Å²) in [7, 11) is 0. The molecule has 3 heteroatoms. The van der Waals surface area contributed by atoms with Gasteiger partial charge in [0.25, 0.3) is 0 Å². The van der Waals surface area contributed by atoms with Gasteiger partial charge in [-0.1, -0.05) is 40.0 Å². The fourth-order valence-electron chi connectivity index (χ4n) is 1.80. The van der Waals surface area contributed by atoms with E-state index in [2.05, 4.69) is 20.8 Å². The highest BCUT2D eigenvalue weighted by molar-refractivity contribution is 5.82. The van der Waals surface area contributed by atoms with Crippen LogP contribution in [0.2, 0.25) is 0 Å². The Morgan fingerprint density at radius 3 is 2.12 bits per heavy atom. The molecule has 0 aromatic carbocycles. The fourth-order valence-corrected chi connectivity index (χ4v) is 1.80. The second kappa shape index (κ2) is 9.20. The number of carboxylic acid groups (broad SMARTS) is 1. The number of carboxylic acids is 1. The zero-order chi connectivity index (χ0) is 13.3. The van der Waals surface area contributed by atoms with Gasteiger partial charge in [0.15, 0.2) is 0 Å². The van der Waals surface area contributed by atoms with Crippen molar-refractivity contribution in [2.24, 2.45) is 11.8 Å². The molecule has 1 N–H and O–H groups in total. The smallest absolute Gasteiger partial charge is 0.303 e. The maximum atomic E-state index is 11.4. The van der Waals surface area contributed by atoms with Gasteiger partial charge in [0, 0.05) is 12.8 Å². The minimum Gasteiger partial charge on any atom is -0.481 e. The van der Waals surface area contributed by atoms with Crippen molar-refractivity contribution in [1.82, 2.24) is 0 Å². The van der Waals surface area contributed by atoms with E-state index in [-0.39, 0.29) is 18.6 Å². The maximum absolute atomic E-state index is 11.4. The van der Waals surface area contributed by atoms with Crippen LogP contribution in [0.4, 0.5) is 0 Å². The monoisotopic (exact) mass is 242 g/mol. The molecule has 0 aliphatic heterocycles. The molecule has 100 valence electrons. The molecular weight excluding hydrogens is 216 g/mol. The molecule has 3 nitrogen and oxygen atoms in total. The predicted octanol–water partition coefficient (Wildman–Crippen LogP) is 3.66. The van der Waals surface area contributed by atoms with E-state index >= 15 is 0 Å². The van der Waals surface area contributed by atoms with Crippen LogP contribution < -0.4 is 0 Å². The molecule has 0 aromatic rings. The van der Waals surface area contributed by atoms with Crippen molar-refractivity contribution in [3.63, 3.8) is 0 Å². The number of rotatable bonds is 10. The van der Waals surface area contributed by atoms with Crippen LogP contribution in [-0.2, 0) is 9.59 Å². The molecule has 0 aliphatic carbocycles. The Morgan fingerprint density at radius 1 is 0.941 bits per heavy atom. The third-order valence-corrected chi connectivity index (χ3v) is 3.01. The average molecular weight is 242 g/mol. The average Bonchev–Trinajstić information content (AvgIpc) is 2.23. The lowest BCUT2D eigenvalue weighted by Crippen LogP contribution is -2.05. The second-order valence-corrected chi connectivity index (χ2v) is 5.40. The molecule has 0 radical (unpaired) electrons. The molecule has 0 fully saturated rings. The number of carbonyl (C=O) groups excluding carboxylic acids is 1. The summed E-state index contributed by atoms with van der Waals surface area (Å²) in [4.78, 5) is 21.7. The molecule has 1 unspecified atom stereocenters. The van der Waals surface area contributed by atoms with E-state index in [9.17, 15) is 9.59 Å². The van der Waals surface area contributed by atoms with E-state index < -0.39 is 5.97 Å². The topological polar surface area (TPSA) is 54.4 Å². The highest BCUT2D eigenvalue weighted by Gasteiger charge is 2.09. The van der Waals surface area contributed by atoms with Gasteiger partial charge in [0.05, 0.1) is 6.42 Å². The van der Waals surface area contributed by atoms with Gasteiger partial charge in [-0.05, 0) is 18.3 Å². The van der Waals surface area contributed by atoms with Crippen LogP contribution in [0, 0.1) is 11.8 Å². The van der Waals surface area contributed by atoms with Gasteiger partial charge >= 0.3 is 5.97 Å². The first-order valence-corrected chi connectivity index (χ1v) is 6.65. The predicted molar refractivity (Wildman–Crippen MR) is 69.0 cm³/mol. The van der Waals surface area contributed by atoms with Crippen LogP contribution in [0.25, 0.3) is 0 Å². The van der Waals surface area contributed by atoms with Crippen molar-refractivity contribution in [3.8, 4) is 0 Å². The van der Waals surface area contributed by atoms with Gasteiger partial charge in [-0.2, -0.15) is 0 Å². The number of hydrogen-bond donors (Lipinski definition) is 1. The number of hydrogen-bond acceptors (Lipinski definition) is 2. The molecule has 17 heavy (non-hydrogen) atoms. The summed E-state index contributed by atoms with van der Waals surface area (Å²) in [5, 5.41) is 8.46. The van der Waals surface area contributed by atoms with Gasteiger partial charge in [-0.15, -0.1) is 0 Å². The highest BCUT2D eigenvalue weighted by atomic mass is 16.4. The summed E-state index contributed by atoms with van der Waals surface area (Å²) in [5.41, 5.74) is 0. The van der Waals surface area contributed by atoms with Crippen LogP contribution >= 0.6 is 0 Å². The Bertz CT molecular complexity index is 234. The van der Waals surface area contributed by atoms with Crippen LogP contribution in [0.3, 0.4) is 0 Å². The lowest BCUT2D eigenvalue weighted by molar-refractivity contribution is -0.138. The molecule has 0 spiro atoms. The second-order valence-electron chi connectivity index (χ2n) is 5.40. The Hall–Kier alpha value is -0.860. The Morgan fingerprint density at radius 2 is 1.59 bits per heavy atom. The van der Waals surface area contributed by atoms with E-state index in [0.717, 1.165) is 12.3 Å². The standard InChI is InChI=1S/C14H26O3/c1-11(2)5-4-6-12(3)7-8-13(15)9-10-14(16)17/h11-12H,4-10H2,1-3H3,(H,16,17). The third kappa shape index (κ3) is 11.4. The molecule has 0 aromatic heterocycles. The van der Waals surface area contributed by atoms with Crippen LogP contribution in [0.15, 0.2) is 0 Å². The van der Waals surface area contributed by atoms with Gasteiger partial charge in [-0.3, -0.25) is 9.59 Å². The third-order valence-electron chi connectivity index (χ3n) is 3.01. The van der Waals surface area contributed by atoms with Gasteiger partial charge < -0.3 is 5.11 Å². The fraction of sp³-hybridized carbons (Fsp3) is 0.857. The molecule has 0 rings (SSSR count). The lowest BCUT2D eigenvalue weighted by atomic mass is 9.94. The number of ketones is 1. The minimum absolute atomic E-state index is 0.0272. The zero-order valence-corrected chi connectivity index (χ0v) is 11.4. The Kier molecular flexibility index (Phi) is 8.73. The van der Waals surface area contributed by atoms with Crippen molar-refractivity contribution in [3.05, 3.63) is 0 Å². The summed E-state index contributed by atoms with van der Waals surface area (Å²) < 4.78 is 0. The summed E-state index contributed by atoms with van der Waals surface area (Å²) >= 11 is 0. The van der Waals surface area contributed by atoms with E-state index in [1.165, 1.54) is 19.3 Å². The summed E-state index contributed by atoms with van der Waals surface area (Å²) in [6.07, 6.45) is 5.24. The van der Waals surface area contributed by atoms with Crippen LogP contribution in [0.1, 0.15) is 65.7 Å². The summed E-state index contributed by atoms with van der Waals surface area (Å²) in [5.74, 6) is 0.522. The van der Waals surface area contributed by atoms with E-state index in [1.807, 2.05) is 0 Å². The van der Waals surface area contributed by atoms with E-state index in [0.29, 0.717) is 12.3 Å². The first-order chi connectivity index (χ1) is 7.91. The quantitative estimate of drug-likeness (QED) is 0.636. The molecular formula is C14H26O3. The molecule has 0 saturated heterocycles. The van der Waals surface area contributed by atoms with Gasteiger partial charge in [0.2, 0.25) is 0 Å². The van der Waals surface area contributed by atoms with Crippen molar-refractivity contribution >= 4 is 11.8 Å². The normalized spacial score (nSPS) is 12.7. The van der Waals surface area contributed by atoms with Crippen molar-refractivity contribution in [2.45, 2.75) is 65.7 Å². The molecule has 0 bridgehead atoms. The van der Waals surface area contributed by atoms with Gasteiger partial charge in [-0.25, -0.2) is 0 Å². The Labute approximate surface area is 105 Å². The molecule has 0 aliphatic rings. The van der Waals surface area contributed by atoms with Crippen LogP contribution in [0.5, 0.6) is 0 Å². The highest BCUT2D eigenvalue weighted by Crippen LogP contribution is 2.17. The largest absolute Gasteiger partial charge is 0.481 e. The first kappa shape index (κ1) is 16.1. The van der Waals surface area contributed by atoms with E-state index in [1.54, 1.807) is 0 Å². The molecule has 0 saturated carbocycles. The number of carbonyl (C=O) groups is 2. The molecule has 0 heterocycles. The van der Waals surface area contributed by atoms with Crippen LogP contribution in [-0.4, -0.2) is 16.9 Å². The maximum Gasteiger partial charge on any atom is 0.303 e. The van der Waals surface area contributed by atoms with Gasteiger partial charge in [0.1, 0.15) is 5.78 Å². The van der Waals surface area contributed by atoms with Crippen molar-refractivity contribution in [2.75, 3.05) is 0 Å². The van der Waals surface area contributed by atoms with Crippen molar-refractivity contribution < 1.29 is 14.7 Å². The number of aliphatic carboxylic acids is 1. The van der Waals surface area contributed by atoms with E-state index in [4.69, 9.17) is 5.11 Å². The minimum atomic E-state index is -0.886. The SMILES string of the molecule is CC(C)CCCC(C)CCC(=O)CCC(=O)O. The first-order valence-electron chi connectivity index (χ1n) is 6.65.